The lowest BCUT2D eigenvalue weighted by molar-refractivity contribution is -0.134. The van der Waals surface area contributed by atoms with E-state index in [0.717, 1.165) is 29.8 Å². The number of nitrogens with zero attached hydrogens (tertiary/aromatic N) is 3. The van der Waals surface area contributed by atoms with E-state index in [2.05, 4.69) is 17.6 Å². The van der Waals surface area contributed by atoms with Gasteiger partial charge < -0.3 is 23.5 Å². The quantitative estimate of drug-likeness (QED) is 0.385. The third kappa shape index (κ3) is 6.31. The summed E-state index contributed by atoms with van der Waals surface area (Å²) in [5, 5.41) is 0. The molecule has 34 heavy (non-hydrogen) atoms. The molecule has 0 bridgehead atoms. The third-order valence-corrected chi connectivity index (χ3v) is 6.02. The smallest absolute Gasteiger partial charge is 0.290 e. The Balaban J connectivity index is 1.76. The number of methoxy groups -OCH3 is 1. The minimum Gasteiger partial charge on any atom is -0.497 e. The Hall–Kier alpha value is -3.48. The van der Waals surface area contributed by atoms with Crippen LogP contribution in [0.5, 0.6) is 5.75 Å². The summed E-state index contributed by atoms with van der Waals surface area (Å²) < 4.78 is 12.8. The van der Waals surface area contributed by atoms with E-state index in [1.807, 2.05) is 55.3 Å². The highest BCUT2D eigenvalue weighted by atomic mass is 16.5. The van der Waals surface area contributed by atoms with Crippen molar-refractivity contribution >= 4 is 11.8 Å². The zero-order valence-corrected chi connectivity index (χ0v) is 20.6. The van der Waals surface area contributed by atoms with E-state index in [-0.39, 0.29) is 30.2 Å². The first-order chi connectivity index (χ1) is 16.5. The van der Waals surface area contributed by atoms with Gasteiger partial charge in [0.2, 0.25) is 5.91 Å². The van der Waals surface area contributed by atoms with E-state index < -0.39 is 0 Å². The van der Waals surface area contributed by atoms with E-state index >= 15 is 0 Å². The van der Waals surface area contributed by atoms with Crippen molar-refractivity contribution in [3.8, 4) is 5.75 Å². The molecule has 0 radical (unpaired) electrons. The maximum absolute atomic E-state index is 13.5. The summed E-state index contributed by atoms with van der Waals surface area (Å²) >= 11 is 0. The van der Waals surface area contributed by atoms with Crippen LogP contribution in [0.4, 0.5) is 0 Å². The SMILES string of the molecule is CCCN(CC(=O)N(Cc1cccn1Cc1cccc(OC)c1)C(C)CC)C(=O)c1ccco1. The summed E-state index contributed by atoms with van der Waals surface area (Å²) in [6.45, 7) is 7.77. The Morgan fingerprint density at radius 1 is 1.12 bits per heavy atom. The lowest BCUT2D eigenvalue weighted by atomic mass is 10.2. The number of carbonyl (C=O) groups is 2. The number of benzene rings is 1. The van der Waals surface area contributed by atoms with Crippen LogP contribution in [0.3, 0.4) is 0 Å². The number of aromatic nitrogens is 1. The summed E-state index contributed by atoms with van der Waals surface area (Å²) in [5.74, 6) is 0.742. The molecule has 0 aliphatic heterocycles. The topological polar surface area (TPSA) is 67.9 Å². The summed E-state index contributed by atoms with van der Waals surface area (Å²) in [7, 11) is 1.66. The van der Waals surface area contributed by atoms with Crippen LogP contribution in [0.2, 0.25) is 0 Å². The molecule has 0 saturated heterocycles. The summed E-state index contributed by atoms with van der Waals surface area (Å²) in [6.07, 6.45) is 5.08. The van der Waals surface area contributed by atoms with E-state index in [1.54, 1.807) is 24.1 Å². The van der Waals surface area contributed by atoms with Crippen molar-refractivity contribution in [3.63, 3.8) is 0 Å². The van der Waals surface area contributed by atoms with Gasteiger partial charge in [0.25, 0.3) is 5.91 Å². The molecule has 0 N–H and O–H groups in total. The Kier molecular flexibility index (Phi) is 8.96. The van der Waals surface area contributed by atoms with Gasteiger partial charge >= 0.3 is 0 Å². The van der Waals surface area contributed by atoms with Crippen molar-refractivity contribution in [1.29, 1.82) is 0 Å². The Morgan fingerprint density at radius 2 is 1.94 bits per heavy atom. The molecule has 2 heterocycles. The van der Waals surface area contributed by atoms with Crippen molar-refractivity contribution in [3.05, 3.63) is 78.0 Å². The van der Waals surface area contributed by atoms with Crippen molar-refractivity contribution < 1.29 is 18.7 Å². The largest absolute Gasteiger partial charge is 0.497 e. The molecule has 1 aromatic carbocycles. The molecule has 0 aliphatic carbocycles. The fourth-order valence-electron chi connectivity index (χ4n) is 3.93. The third-order valence-electron chi connectivity index (χ3n) is 6.02. The Morgan fingerprint density at radius 3 is 2.62 bits per heavy atom. The summed E-state index contributed by atoms with van der Waals surface area (Å²) in [6, 6.07) is 15.4. The molecule has 182 valence electrons. The lowest BCUT2D eigenvalue weighted by Crippen LogP contribution is -2.46. The van der Waals surface area contributed by atoms with E-state index in [9.17, 15) is 9.59 Å². The van der Waals surface area contributed by atoms with Crippen LogP contribution in [-0.4, -0.2) is 52.4 Å². The highest BCUT2D eigenvalue weighted by Gasteiger charge is 2.26. The first-order valence-electron chi connectivity index (χ1n) is 11.9. The van der Waals surface area contributed by atoms with Crippen LogP contribution >= 0.6 is 0 Å². The Bertz CT molecular complexity index is 1060. The summed E-state index contributed by atoms with van der Waals surface area (Å²) in [5.41, 5.74) is 2.16. The van der Waals surface area contributed by atoms with Gasteiger partial charge in [-0.25, -0.2) is 0 Å². The predicted molar refractivity (Wildman–Crippen MR) is 132 cm³/mol. The van der Waals surface area contributed by atoms with Crippen LogP contribution in [0.25, 0.3) is 0 Å². The number of rotatable bonds is 12. The lowest BCUT2D eigenvalue weighted by Gasteiger charge is -2.31. The Labute approximate surface area is 201 Å². The van der Waals surface area contributed by atoms with E-state index in [4.69, 9.17) is 9.15 Å². The summed E-state index contributed by atoms with van der Waals surface area (Å²) in [4.78, 5) is 29.8. The van der Waals surface area contributed by atoms with Crippen molar-refractivity contribution in [1.82, 2.24) is 14.4 Å². The van der Waals surface area contributed by atoms with Gasteiger partial charge in [-0.1, -0.05) is 26.0 Å². The second-order valence-corrected chi connectivity index (χ2v) is 8.46. The van der Waals surface area contributed by atoms with Crippen molar-refractivity contribution in [2.75, 3.05) is 20.2 Å². The zero-order valence-electron chi connectivity index (χ0n) is 20.6. The van der Waals surface area contributed by atoms with Gasteiger partial charge in [-0.2, -0.15) is 0 Å². The van der Waals surface area contributed by atoms with E-state index in [0.29, 0.717) is 19.6 Å². The number of ether oxygens (including phenoxy) is 1. The molecule has 2 amide bonds. The van der Waals surface area contributed by atoms with Crippen molar-refractivity contribution in [2.24, 2.45) is 0 Å². The molecule has 7 nitrogen and oxygen atoms in total. The normalized spacial score (nSPS) is 11.8. The van der Waals surface area contributed by atoms with Crippen LogP contribution in [0.15, 0.2) is 65.4 Å². The molecule has 2 aromatic heterocycles. The van der Waals surface area contributed by atoms with Gasteiger partial charge in [-0.05, 0) is 61.7 Å². The monoisotopic (exact) mass is 465 g/mol. The maximum Gasteiger partial charge on any atom is 0.290 e. The minimum atomic E-state index is -0.259. The average molecular weight is 466 g/mol. The standard InChI is InChI=1S/C27H35N3O4/c1-5-14-29(27(32)25-13-9-16-34-25)20-26(31)30(21(3)6-2)19-23-11-8-15-28(23)18-22-10-7-12-24(17-22)33-4/h7-13,15-17,21H,5-6,14,18-20H2,1-4H3. The fraction of sp³-hybridized carbons (Fsp3) is 0.407. The van der Waals surface area contributed by atoms with Crippen molar-refractivity contribution in [2.45, 2.75) is 52.7 Å². The molecule has 1 atom stereocenters. The van der Waals surface area contributed by atoms with Crippen LogP contribution < -0.4 is 4.74 Å². The molecule has 3 rings (SSSR count). The number of carbonyl (C=O) groups excluding carboxylic acids is 2. The van der Waals surface area contributed by atoms with Crippen LogP contribution in [-0.2, 0) is 17.9 Å². The second kappa shape index (κ2) is 12.1. The number of furan rings is 1. The zero-order chi connectivity index (χ0) is 24.5. The van der Waals surface area contributed by atoms with E-state index in [1.165, 1.54) is 6.26 Å². The predicted octanol–water partition coefficient (Wildman–Crippen LogP) is 4.82. The molecule has 3 aromatic rings. The number of hydrogen-bond donors (Lipinski definition) is 0. The van der Waals surface area contributed by atoms with Gasteiger partial charge in [0.15, 0.2) is 5.76 Å². The van der Waals surface area contributed by atoms with Crippen LogP contribution in [0, 0.1) is 0 Å². The second-order valence-electron chi connectivity index (χ2n) is 8.46. The van der Waals surface area contributed by atoms with Gasteiger partial charge in [0.1, 0.15) is 12.3 Å². The minimum absolute atomic E-state index is 0.0221. The maximum atomic E-state index is 13.5. The average Bonchev–Trinajstić information content (AvgIpc) is 3.54. The number of hydrogen-bond acceptors (Lipinski definition) is 4. The van der Waals surface area contributed by atoms with Gasteiger partial charge in [0.05, 0.1) is 19.9 Å². The molecular formula is C27H35N3O4. The molecule has 0 fully saturated rings. The molecule has 0 saturated carbocycles. The van der Waals surface area contributed by atoms with Gasteiger partial charge in [-0.15, -0.1) is 0 Å². The molecule has 7 heteroatoms. The van der Waals surface area contributed by atoms with Crippen LogP contribution in [0.1, 0.15) is 55.4 Å². The first-order valence-corrected chi connectivity index (χ1v) is 11.9. The van der Waals surface area contributed by atoms with Gasteiger partial charge in [0, 0.05) is 31.0 Å². The highest BCUT2D eigenvalue weighted by molar-refractivity contribution is 5.94. The molecule has 1 unspecified atom stereocenters. The highest BCUT2D eigenvalue weighted by Crippen LogP contribution is 2.18. The molecule has 0 aliphatic rings. The number of amides is 2. The first kappa shape index (κ1) is 25.1. The fourth-order valence-corrected chi connectivity index (χ4v) is 3.93. The molecular weight excluding hydrogens is 430 g/mol. The van der Waals surface area contributed by atoms with Gasteiger partial charge in [-0.3, -0.25) is 9.59 Å². The molecule has 0 spiro atoms.